The van der Waals surface area contributed by atoms with Crippen molar-refractivity contribution in [2.24, 2.45) is 5.92 Å². The van der Waals surface area contributed by atoms with Crippen LogP contribution in [0, 0.1) is 5.92 Å². The molecule has 2 atom stereocenters. The molecule has 0 spiro atoms. The second kappa shape index (κ2) is 14.1. The topological polar surface area (TPSA) is 100 Å². The molecule has 3 amide bonds. The minimum Gasteiger partial charge on any atom is -0.449 e. The monoisotopic (exact) mass is 578 g/mol. The van der Waals surface area contributed by atoms with Crippen LogP contribution in [0.15, 0.2) is 42.5 Å². The van der Waals surface area contributed by atoms with Gasteiger partial charge in [0.15, 0.2) is 0 Å². The third-order valence-electron chi connectivity index (χ3n) is 7.83. The lowest BCUT2D eigenvalue weighted by Crippen LogP contribution is -2.45. The Morgan fingerprint density at radius 1 is 0.976 bits per heavy atom. The van der Waals surface area contributed by atoms with Crippen molar-refractivity contribution in [3.63, 3.8) is 0 Å². The standard InChI is InChI=1S/C33H46N4O5/c1-21(2)20-41-33(40)36-15-13-28(14-16-36)34-19-25-7-9-26(10-8-25)27-11-12-31-29(18-27)30(35-32(39)42-22(3)4)17-23(5)37(31)24(6)38/h7-12,18,21-23,28,30,34H,13-17,19-20H2,1-6H3,(H,35,39)/t23-,30+/m0/s1. The fourth-order valence-electron chi connectivity index (χ4n) is 5.72. The molecule has 9 nitrogen and oxygen atoms in total. The number of alkyl carbamates (subject to hydrolysis) is 1. The summed E-state index contributed by atoms with van der Waals surface area (Å²) in [5.41, 5.74) is 4.99. The molecule has 2 aliphatic heterocycles. The van der Waals surface area contributed by atoms with Gasteiger partial charge in [0.1, 0.15) is 0 Å². The number of nitrogens with one attached hydrogen (secondary N) is 2. The minimum atomic E-state index is -0.455. The van der Waals surface area contributed by atoms with Crippen molar-refractivity contribution in [3.05, 3.63) is 53.6 Å². The smallest absolute Gasteiger partial charge is 0.409 e. The Balaban J connectivity index is 1.39. The van der Waals surface area contributed by atoms with Crippen LogP contribution in [-0.2, 0) is 20.8 Å². The summed E-state index contributed by atoms with van der Waals surface area (Å²) in [4.78, 5) is 40.8. The second-order valence-corrected chi connectivity index (χ2v) is 12.2. The van der Waals surface area contributed by atoms with Crippen LogP contribution in [0.1, 0.15) is 78.0 Å². The molecule has 0 unspecified atom stereocenters. The lowest BCUT2D eigenvalue weighted by molar-refractivity contribution is -0.117. The van der Waals surface area contributed by atoms with Crippen molar-refractivity contribution < 1.29 is 23.9 Å². The molecular weight excluding hydrogens is 532 g/mol. The summed E-state index contributed by atoms with van der Waals surface area (Å²) >= 11 is 0. The molecule has 2 aromatic rings. The number of ether oxygens (including phenoxy) is 2. The van der Waals surface area contributed by atoms with Gasteiger partial charge in [0.05, 0.1) is 18.8 Å². The number of rotatable bonds is 8. The van der Waals surface area contributed by atoms with Gasteiger partial charge < -0.3 is 29.9 Å². The van der Waals surface area contributed by atoms with Gasteiger partial charge in [-0.1, -0.05) is 44.2 Å². The maximum Gasteiger partial charge on any atom is 0.409 e. The third-order valence-corrected chi connectivity index (χ3v) is 7.83. The van der Waals surface area contributed by atoms with Gasteiger partial charge >= 0.3 is 12.2 Å². The van der Waals surface area contributed by atoms with Gasteiger partial charge in [-0.2, -0.15) is 0 Å². The molecule has 2 heterocycles. The molecule has 2 aliphatic rings. The van der Waals surface area contributed by atoms with Crippen LogP contribution in [0.5, 0.6) is 0 Å². The summed E-state index contributed by atoms with van der Waals surface area (Å²) in [6.07, 6.45) is 1.53. The molecule has 0 radical (unpaired) electrons. The van der Waals surface area contributed by atoms with Crippen LogP contribution in [0.2, 0.25) is 0 Å². The number of fused-ring (bicyclic) bond motifs is 1. The Morgan fingerprint density at radius 2 is 1.64 bits per heavy atom. The van der Waals surface area contributed by atoms with Crippen molar-refractivity contribution in [2.75, 3.05) is 24.6 Å². The van der Waals surface area contributed by atoms with Crippen LogP contribution >= 0.6 is 0 Å². The van der Waals surface area contributed by atoms with E-state index in [0.717, 1.165) is 41.8 Å². The van der Waals surface area contributed by atoms with Gasteiger partial charge in [0.25, 0.3) is 0 Å². The normalized spacial score (nSPS) is 19.0. The van der Waals surface area contributed by atoms with Crippen LogP contribution < -0.4 is 15.5 Å². The Bertz CT molecular complexity index is 1240. The van der Waals surface area contributed by atoms with Crippen LogP contribution in [0.3, 0.4) is 0 Å². The molecule has 228 valence electrons. The zero-order chi connectivity index (χ0) is 30.4. The van der Waals surface area contributed by atoms with E-state index in [-0.39, 0.29) is 30.2 Å². The number of amides is 3. The maximum absolute atomic E-state index is 12.5. The van der Waals surface area contributed by atoms with E-state index in [9.17, 15) is 14.4 Å². The van der Waals surface area contributed by atoms with Crippen LogP contribution in [0.25, 0.3) is 11.1 Å². The summed E-state index contributed by atoms with van der Waals surface area (Å²) in [5.74, 6) is 0.315. The van der Waals surface area contributed by atoms with Crippen molar-refractivity contribution in [3.8, 4) is 11.1 Å². The summed E-state index contributed by atoms with van der Waals surface area (Å²) < 4.78 is 10.7. The highest BCUT2D eigenvalue weighted by Crippen LogP contribution is 2.39. The SMILES string of the molecule is CC(=O)N1c2ccc(-c3ccc(CNC4CCN(C(=O)OCC(C)C)CC4)cc3)cc2[C@H](NC(=O)OC(C)C)C[C@@H]1C. The minimum absolute atomic E-state index is 0.0201. The first-order valence-corrected chi connectivity index (χ1v) is 15.2. The van der Waals surface area contributed by atoms with E-state index in [1.54, 1.807) is 16.7 Å². The van der Waals surface area contributed by atoms with E-state index in [1.807, 2.05) is 46.8 Å². The highest BCUT2D eigenvalue weighted by molar-refractivity contribution is 5.94. The zero-order valence-electron chi connectivity index (χ0n) is 25.8. The van der Waals surface area contributed by atoms with E-state index in [4.69, 9.17) is 9.47 Å². The Labute approximate surface area is 249 Å². The quantitative estimate of drug-likeness (QED) is 0.397. The number of likely N-dealkylation sites (tertiary alicyclic amines) is 1. The molecule has 1 fully saturated rings. The predicted octanol–water partition coefficient (Wildman–Crippen LogP) is 6.02. The fourth-order valence-corrected chi connectivity index (χ4v) is 5.72. The molecule has 2 aromatic carbocycles. The fraction of sp³-hybridized carbons (Fsp3) is 0.545. The first-order chi connectivity index (χ1) is 20.0. The number of nitrogens with zero attached hydrogens (tertiary/aromatic N) is 2. The zero-order valence-corrected chi connectivity index (χ0v) is 25.8. The number of hydrogen-bond donors (Lipinski definition) is 2. The van der Waals surface area contributed by atoms with E-state index in [2.05, 4.69) is 41.0 Å². The largest absolute Gasteiger partial charge is 0.449 e. The van der Waals surface area contributed by atoms with Crippen molar-refractivity contribution in [1.82, 2.24) is 15.5 Å². The average molecular weight is 579 g/mol. The second-order valence-electron chi connectivity index (χ2n) is 12.2. The highest BCUT2D eigenvalue weighted by atomic mass is 16.6. The van der Waals surface area contributed by atoms with Gasteiger partial charge in [-0.15, -0.1) is 0 Å². The summed E-state index contributed by atoms with van der Waals surface area (Å²) in [6.45, 7) is 13.9. The van der Waals surface area contributed by atoms with Gasteiger partial charge in [-0.05, 0) is 80.3 Å². The van der Waals surface area contributed by atoms with Crippen LogP contribution in [-0.4, -0.2) is 60.9 Å². The summed E-state index contributed by atoms with van der Waals surface area (Å²) in [5, 5.41) is 6.65. The molecule has 0 bridgehead atoms. The predicted molar refractivity (Wildman–Crippen MR) is 164 cm³/mol. The van der Waals surface area contributed by atoms with E-state index >= 15 is 0 Å². The average Bonchev–Trinajstić information content (AvgIpc) is 2.94. The van der Waals surface area contributed by atoms with Crippen molar-refractivity contribution in [2.45, 2.75) is 91.6 Å². The molecule has 2 N–H and O–H groups in total. The third kappa shape index (κ3) is 8.03. The highest BCUT2D eigenvalue weighted by Gasteiger charge is 2.34. The molecular formula is C33H46N4O5. The van der Waals surface area contributed by atoms with Gasteiger partial charge in [-0.3, -0.25) is 4.79 Å². The Morgan fingerprint density at radius 3 is 2.26 bits per heavy atom. The molecule has 42 heavy (non-hydrogen) atoms. The number of benzene rings is 2. The Kier molecular flexibility index (Phi) is 10.5. The maximum atomic E-state index is 12.5. The lowest BCUT2D eigenvalue weighted by atomic mass is 9.89. The molecule has 1 saturated heterocycles. The lowest BCUT2D eigenvalue weighted by Gasteiger charge is -2.39. The number of hydrogen-bond acceptors (Lipinski definition) is 6. The number of carbonyl (C=O) groups excluding carboxylic acids is 3. The van der Waals surface area contributed by atoms with E-state index in [1.165, 1.54) is 5.56 Å². The number of carbonyl (C=O) groups is 3. The van der Waals surface area contributed by atoms with Gasteiger partial charge in [0.2, 0.25) is 5.91 Å². The van der Waals surface area contributed by atoms with E-state index in [0.29, 0.717) is 38.1 Å². The molecule has 4 rings (SSSR count). The molecule has 0 saturated carbocycles. The first kappa shape index (κ1) is 31.3. The Hall–Kier alpha value is -3.59. The van der Waals surface area contributed by atoms with E-state index < -0.39 is 6.09 Å². The summed E-state index contributed by atoms with van der Waals surface area (Å²) in [6, 6.07) is 14.6. The van der Waals surface area contributed by atoms with Gasteiger partial charge in [-0.25, -0.2) is 9.59 Å². The molecule has 0 aromatic heterocycles. The van der Waals surface area contributed by atoms with Crippen LogP contribution in [0.4, 0.5) is 15.3 Å². The number of anilines is 1. The molecule has 9 heteroatoms. The van der Waals surface area contributed by atoms with Crippen molar-refractivity contribution in [1.29, 1.82) is 0 Å². The van der Waals surface area contributed by atoms with Gasteiger partial charge in [0, 0.05) is 44.3 Å². The number of piperidine rings is 1. The first-order valence-electron chi connectivity index (χ1n) is 15.2. The summed E-state index contributed by atoms with van der Waals surface area (Å²) in [7, 11) is 0. The van der Waals surface area contributed by atoms with Crippen molar-refractivity contribution >= 4 is 23.8 Å². The molecule has 0 aliphatic carbocycles.